The van der Waals surface area contributed by atoms with Crippen molar-refractivity contribution in [1.82, 2.24) is 4.57 Å². The summed E-state index contributed by atoms with van der Waals surface area (Å²) in [5.74, 6) is -0.841. The average Bonchev–Trinajstić information content (AvgIpc) is 3.01. The van der Waals surface area contributed by atoms with Crippen LogP contribution in [0.2, 0.25) is 0 Å². The molecule has 1 aliphatic heterocycles. The van der Waals surface area contributed by atoms with E-state index in [9.17, 15) is 28.4 Å². The van der Waals surface area contributed by atoms with Gasteiger partial charge >= 0.3 is 0 Å². The summed E-state index contributed by atoms with van der Waals surface area (Å²) >= 11 is 0. The second-order valence-corrected chi connectivity index (χ2v) is 9.17. The Morgan fingerprint density at radius 2 is 2.00 bits per heavy atom. The lowest BCUT2D eigenvalue weighted by atomic mass is 10.0. The first-order chi connectivity index (χ1) is 13.6. The predicted octanol–water partition coefficient (Wildman–Crippen LogP) is 2.05. The Labute approximate surface area is 167 Å². The van der Waals surface area contributed by atoms with E-state index in [1.54, 1.807) is 24.3 Å². The summed E-state index contributed by atoms with van der Waals surface area (Å²) in [6, 6.07) is 7.60. The van der Waals surface area contributed by atoms with Gasteiger partial charge in [-0.2, -0.15) is 5.26 Å². The fraction of sp³-hybridized carbons (Fsp3) is 0.300. The zero-order chi connectivity index (χ0) is 21.3. The number of aromatic hydroxyl groups is 1. The third-order valence-electron chi connectivity index (χ3n) is 4.98. The van der Waals surface area contributed by atoms with Gasteiger partial charge in [0.1, 0.15) is 11.6 Å². The van der Waals surface area contributed by atoms with Gasteiger partial charge in [-0.3, -0.25) is 19.1 Å². The van der Waals surface area contributed by atoms with Crippen molar-refractivity contribution in [2.24, 2.45) is 4.99 Å². The number of benzene rings is 1. The number of hydrogen-bond acceptors (Lipinski definition) is 7. The third kappa shape index (κ3) is 3.98. The van der Waals surface area contributed by atoms with Crippen molar-refractivity contribution in [3.8, 4) is 11.9 Å². The summed E-state index contributed by atoms with van der Waals surface area (Å²) in [6.45, 7) is 2.98. The van der Waals surface area contributed by atoms with Gasteiger partial charge in [-0.25, -0.2) is 8.42 Å². The molecule has 8 nitrogen and oxygen atoms in total. The van der Waals surface area contributed by atoms with E-state index >= 15 is 0 Å². The summed E-state index contributed by atoms with van der Waals surface area (Å²) in [6.07, 6.45) is 1.51. The zero-order valence-corrected chi connectivity index (χ0v) is 16.7. The maximum Gasteiger partial charge on any atom is 0.271 e. The fourth-order valence-corrected chi connectivity index (χ4v) is 5.03. The van der Waals surface area contributed by atoms with Gasteiger partial charge in [0.25, 0.3) is 5.56 Å². The molecule has 1 N–H and O–H groups in total. The van der Waals surface area contributed by atoms with E-state index in [2.05, 4.69) is 4.99 Å². The van der Waals surface area contributed by atoms with Crippen molar-refractivity contribution < 1.29 is 18.3 Å². The number of hydrogen-bond donors (Lipinski definition) is 1. The van der Waals surface area contributed by atoms with Crippen LogP contribution in [0.15, 0.2) is 34.1 Å². The van der Waals surface area contributed by atoms with E-state index < -0.39 is 27.3 Å². The lowest BCUT2D eigenvalue weighted by molar-refractivity contribution is 0.101. The van der Waals surface area contributed by atoms with Gasteiger partial charge in [-0.1, -0.05) is 0 Å². The molecule has 2 aromatic rings. The number of nitrogens with zero attached hydrogens (tertiary/aromatic N) is 3. The second-order valence-electron chi connectivity index (χ2n) is 6.94. The van der Waals surface area contributed by atoms with Gasteiger partial charge in [0, 0.05) is 11.8 Å². The molecule has 0 spiro atoms. The van der Waals surface area contributed by atoms with Gasteiger partial charge < -0.3 is 5.11 Å². The second kappa shape index (κ2) is 7.64. The molecule has 0 aliphatic carbocycles. The lowest BCUT2D eigenvalue weighted by Gasteiger charge is -2.18. The Bertz CT molecular complexity index is 1220. The highest BCUT2D eigenvalue weighted by atomic mass is 32.2. The largest absolute Gasteiger partial charge is 0.494 e. The Kier molecular flexibility index (Phi) is 5.40. The highest BCUT2D eigenvalue weighted by Gasteiger charge is 2.33. The first-order valence-electron chi connectivity index (χ1n) is 8.88. The number of rotatable bonds is 4. The fourth-order valence-electron chi connectivity index (χ4n) is 3.33. The maximum absolute atomic E-state index is 12.7. The lowest BCUT2D eigenvalue weighted by Crippen LogP contribution is -2.29. The number of aliphatic imine (C=N–C) groups is 1. The predicted molar refractivity (Wildman–Crippen MR) is 108 cm³/mol. The van der Waals surface area contributed by atoms with E-state index in [0.717, 1.165) is 4.57 Å². The Hall–Kier alpha value is -3.25. The summed E-state index contributed by atoms with van der Waals surface area (Å²) in [5, 5.41) is 20.1. The van der Waals surface area contributed by atoms with Gasteiger partial charge in [-0.05, 0) is 50.1 Å². The quantitative estimate of drug-likeness (QED) is 0.603. The SMILES string of the molecule is CC(=O)c1ccc(N=Cc2c(C)c(C#N)c(=O)n(C3CCS(=O)(=O)C3)c2O)cc1. The third-order valence-corrected chi connectivity index (χ3v) is 6.73. The highest BCUT2D eigenvalue weighted by Crippen LogP contribution is 2.29. The van der Waals surface area contributed by atoms with E-state index in [4.69, 9.17) is 0 Å². The van der Waals surface area contributed by atoms with Crippen LogP contribution in [-0.4, -0.2) is 41.6 Å². The monoisotopic (exact) mass is 413 g/mol. The molecule has 150 valence electrons. The number of carbonyl (C=O) groups excluding carboxylic acids is 1. The van der Waals surface area contributed by atoms with E-state index in [-0.39, 0.29) is 40.4 Å². The van der Waals surface area contributed by atoms with Crippen LogP contribution in [0.3, 0.4) is 0 Å². The van der Waals surface area contributed by atoms with Crippen LogP contribution in [-0.2, 0) is 9.84 Å². The molecule has 0 saturated carbocycles. The van der Waals surface area contributed by atoms with Gasteiger partial charge in [-0.15, -0.1) is 0 Å². The first kappa shape index (κ1) is 20.5. The van der Waals surface area contributed by atoms with Gasteiger partial charge in [0.15, 0.2) is 15.6 Å². The van der Waals surface area contributed by atoms with E-state index in [0.29, 0.717) is 11.3 Å². The van der Waals surface area contributed by atoms with Gasteiger partial charge in [0.05, 0.1) is 28.8 Å². The van der Waals surface area contributed by atoms with Crippen molar-refractivity contribution in [3.63, 3.8) is 0 Å². The molecule has 1 aromatic carbocycles. The molecule has 1 aromatic heterocycles. The summed E-state index contributed by atoms with van der Waals surface area (Å²) in [5.41, 5.74) is 0.588. The first-order valence-corrected chi connectivity index (χ1v) is 10.7. The Morgan fingerprint density at radius 1 is 1.34 bits per heavy atom. The summed E-state index contributed by atoms with van der Waals surface area (Å²) in [7, 11) is -3.30. The normalized spacial score (nSPS) is 18.0. The minimum atomic E-state index is -3.30. The summed E-state index contributed by atoms with van der Waals surface area (Å²) < 4.78 is 24.6. The number of Topliss-reactive ketones (excluding diaryl/α,β-unsaturated/α-hetero) is 1. The number of nitriles is 1. The molecule has 1 fully saturated rings. The topological polar surface area (TPSA) is 130 Å². The van der Waals surface area contributed by atoms with Crippen LogP contribution in [0.5, 0.6) is 5.88 Å². The molecule has 29 heavy (non-hydrogen) atoms. The van der Waals surface area contributed by atoms with Gasteiger partial charge in [0.2, 0.25) is 5.88 Å². The van der Waals surface area contributed by atoms with Crippen LogP contribution in [0, 0.1) is 18.3 Å². The van der Waals surface area contributed by atoms with Crippen molar-refractivity contribution in [3.05, 3.63) is 56.9 Å². The number of pyridine rings is 1. The molecule has 1 saturated heterocycles. The molecular weight excluding hydrogens is 394 g/mol. The van der Waals surface area contributed by atoms with Crippen LogP contribution in [0.1, 0.15) is 46.4 Å². The molecule has 1 aliphatic rings. The smallest absolute Gasteiger partial charge is 0.271 e. The molecule has 0 amide bonds. The minimum absolute atomic E-state index is 0.0775. The van der Waals surface area contributed by atoms with Crippen molar-refractivity contribution in [2.75, 3.05) is 11.5 Å². The number of aromatic nitrogens is 1. The van der Waals surface area contributed by atoms with Crippen LogP contribution in [0.4, 0.5) is 5.69 Å². The maximum atomic E-state index is 12.7. The van der Waals surface area contributed by atoms with Crippen molar-refractivity contribution >= 4 is 27.5 Å². The summed E-state index contributed by atoms with van der Waals surface area (Å²) in [4.78, 5) is 28.3. The standard InChI is InChI=1S/C20H19N3O5S/c1-12-17(9-21)19(25)23(16-7-8-29(27,28)11-16)20(26)18(12)10-22-15-5-3-14(4-6-15)13(2)24/h3-6,10,16,26H,7-8,11H2,1-2H3. The molecule has 3 rings (SSSR count). The molecule has 0 bridgehead atoms. The molecule has 1 unspecified atom stereocenters. The highest BCUT2D eigenvalue weighted by molar-refractivity contribution is 7.91. The number of sulfone groups is 1. The molecular formula is C20H19N3O5S. The Morgan fingerprint density at radius 3 is 2.52 bits per heavy atom. The molecule has 2 heterocycles. The molecule has 0 radical (unpaired) electrons. The van der Waals surface area contributed by atoms with Crippen LogP contribution in [0.25, 0.3) is 0 Å². The van der Waals surface area contributed by atoms with Crippen molar-refractivity contribution in [2.45, 2.75) is 26.3 Å². The zero-order valence-electron chi connectivity index (χ0n) is 15.9. The Balaban J connectivity index is 2.09. The average molecular weight is 413 g/mol. The van der Waals surface area contributed by atoms with Crippen LogP contribution >= 0.6 is 0 Å². The van der Waals surface area contributed by atoms with Crippen molar-refractivity contribution in [1.29, 1.82) is 5.26 Å². The van der Waals surface area contributed by atoms with Crippen LogP contribution < -0.4 is 5.56 Å². The number of carbonyl (C=O) groups is 1. The molecule has 1 atom stereocenters. The minimum Gasteiger partial charge on any atom is -0.494 e. The van der Waals surface area contributed by atoms with E-state index in [1.807, 2.05) is 6.07 Å². The molecule has 9 heteroatoms. The van der Waals surface area contributed by atoms with E-state index in [1.165, 1.54) is 20.1 Å². The number of ketones is 1.